The number of halogens is 1. The molecule has 3 heterocycles. The number of aliphatic hydroxyl groups is 1. The normalized spacial score (nSPS) is 22.7. The van der Waals surface area contributed by atoms with Gasteiger partial charge in [0.2, 0.25) is 0 Å². The Balaban J connectivity index is 1.60. The van der Waals surface area contributed by atoms with Gasteiger partial charge in [-0.1, -0.05) is 12.2 Å². The molecule has 2 saturated heterocycles. The summed E-state index contributed by atoms with van der Waals surface area (Å²) in [5.74, 6) is 2.72. The summed E-state index contributed by atoms with van der Waals surface area (Å²) in [5.41, 5.74) is 2.69. The van der Waals surface area contributed by atoms with Crippen molar-refractivity contribution >= 4 is 29.2 Å². The van der Waals surface area contributed by atoms with Crippen LogP contribution in [0, 0.1) is 6.92 Å². The van der Waals surface area contributed by atoms with Crippen molar-refractivity contribution in [3.05, 3.63) is 53.1 Å². The number of rotatable bonds is 4. The minimum atomic E-state index is -0.574. The number of aromatic nitrogens is 1. The van der Waals surface area contributed by atoms with Crippen molar-refractivity contribution in [3.8, 4) is 0 Å². The first-order valence-electron chi connectivity index (χ1n) is 9.72. The van der Waals surface area contributed by atoms with Crippen LogP contribution in [-0.2, 0) is 4.74 Å². The molecule has 2 aliphatic heterocycles. The fraction of sp³-hybridized carbons (Fsp3) is 0.429. The number of ether oxygens (including phenoxy) is 1. The number of carbonyl (C=O) groups is 1. The van der Waals surface area contributed by atoms with E-state index in [0.717, 1.165) is 36.0 Å². The fourth-order valence-electron chi connectivity index (χ4n) is 3.75. The summed E-state index contributed by atoms with van der Waals surface area (Å²) < 4.78 is 20.1. The van der Waals surface area contributed by atoms with Gasteiger partial charge in [0.05, 0.1) is 13.2 Å². The van der Waals surface area contributed by atoms with Crippen LogP contribution in [0.1, 0.15) is 17.5 Å². The molecule has 0 saturated carbocycles. The summed E-state index contributed by atoms with van der Waals surface area (Å²) in [6.07, 6.45) is 5.93. The zero-order valence-corrected chi connectivity index (χ0v) is 17.1. The first-order valence-corrected chi connectivity index (χ1v) is 10.9. The van der Waals surface area contributed by atoms with Crippen molar-refractivity contribution in [2.24, 2.45) is 0 Å². The Morgan fingerprint density at radius 2 is 2.17 bits per heavy atom. The molecule has 0 bridgehead atoms. The van der Waals surface area contributed by atoms with Crippen LogP contribution in [0.25, 0.3) is 5.57 Å². The molecule has 2 fully saturated rings. The third-order valence-corrected chi connectivity index (χ3v) is 6.20. The van der Waals surface area contributed by atoms with E-state index < -0.39 is 18.0 Å². The van der Waals surface area contributed by atoms with Gasteiger partial charge in [-0.05, 0) is 24.6 Å². The molecule has 1 unspecified atom stereocenters. The third-order valence-electron chi connectivity index (χ3n) is 5.26. The summed E-state index contributed by atoms with van der Waals surface area (Å²) in [6, 6.07) is 1.97. The molecule has 29 heavy (non-hydrogen) atoms. The lowest BCUT2D eigenvalue weighted by Crippen LogP contribution is -2.33. The largest absolute Gasteiger partial charge is 0.441 e. The molecule has 1 N–H and O–H groups in total. The summed E-state index contributed by atoms with van der Waals surface area (Å²) in [6.45, 7) is 3.93. The summed E-state index contributed by atoms with van der Waals surface area (Å²) in [7, 11) is 0. The predicted octanol–water partition coefficient (Wildman–Crippen LogP) is 3.28. The van der Waals surface area contributed by atoms with Crippen molar-refractivity contribution in [1.82, 2.24) is 9.88 Å². The number of pyridine rings is 1. The number of hydrogen-bond donors (Lipinski definition) is 1. The maximum absolute atomic E-state index is 15.1. The van der Waals surface area contributed by atoms with E-state index in [1.165, 1.54) is 11.0 Å². The standard InChI is InChI=1S/C21H24FN3O3S/c1-14-9-15(11-23-20(14)24-5-7-29-8-6-24)18-4-2-3-16(10-19(18)22)25-12-17(13-26)28-21(25)27/h2,4,9-11,17,26H,3,5-8,12-13H2,1H3. The van der Waals surface area contributed by atoms with Crippen molar-refractivity contribution in [3.63, 3.8) is 0 Å². The molecule has 0 radical (unpaired) electrons. The van der Waals surface area contributed by atoms with Gasteiger partial charge in [0, 0.05) is 54.0 Å². The van der Waals surface area contributed by atoms with Gasteiger partial charge >= 0.3 is 6.09 Å². The number of thioether (sulfide) groups is 1. The quantitative estimate of drug-likeness (QED) is 0.811. The third kappa shape index (κ3) is 4.18. The molecule has 4 rings (SSSR count). The molecule has 154 valence electrons. The SMILES string of the molecule is Cc1cc(C2=C(F)C=C(N3CC(CO)OC3=O)CC=C2)cnc1N1CCSCC1. The Labute approximate surface area is 173 Å². The Morgan fingerprint density at radius 1 is 1.38 bits per heavy atom. The Kier molecular flexibility index (Phi) is 5.91. The lowest BCUT2D eigenvalue weighted by atomic mass is 10.0. The van der Waals surface area contributed by atoms with Crippen LogP contribution in [-0.4, -0.2) is 64.9 Å². The number of hydrogen-bond acceptors (Lipinski definition) is 6. The van der Waals surface area contributed by atoms with Gasteiger partial charge in [0.25, 0.3) is 0 Å². The summed E-state index contributed by atoms with van der Waals surface area (Å²) >= 11 is 1.95. The molecule has 0 spiro atoms. The number of aryl methyl sites for hydroxylation is 1. The van der Waals surface area contributed by atoms with Gasteiger partial charge in [-0.15, -0.1) is 0 Å². The molecule has 6 nitrogen and oxygen atoms in total. The second-order valence-corrected chi connectivity index (χ2v) is 8.49. The molecule has 1 amide bonds. The highest BCUT2D eigenvalue weighted by Crippen LogP contribution is 2.31. The van der Waals surface area contributed by atoms with Crippen molar-refractivity contribution in [2.45, 2.75) is 19.4 Å². The van der Waals surface area contributed by atoms with E-state index >= 15 is 4.39 Å². The molecule has 3 aliphatic rings. The molecule has 1 aliphatic carbocycles. The molecule has 8 heteroatoms. The van der Waals surface area contributed by atoms with E-state index in [1.54, 1.807) is 12.3 Å². The minimum Gasteiger partial charge on any atom is -0.441 e. The highest BCUT2D eigenvalue weighted by Gasteiger charge is 2.33. The van der Waals surface area contributed by atoms with Crippen LogP contribution < -0.4 is 4.90 Å². The molecular weight excluding hydrogens is 393 g/mol. The maximum atomic E-state index is 15.1. The second-order valence-electron chi connectivity index (χ2n) is 7.27. The molecule has 1 atom stereocenters. The average Bonchev–Trinajstić information content (AvgIpc) is 3.00. The smallest absolute Gasteiger partial charge is 0.414 e. The van der Waals surface area contributed by atoms with Crippen LogP contribution in [0.15, 0.2) is 42.0 Å². The topological polar surface area (TPSA) is 65.9 Å². The lowest BCUT2D eigenvalue weighted by Gasteiger charge is -2.28. The van der Waals surface area contributed by atoms with E-state index in [1.807, 2.05) is 30.8 Å². The fourth-order valence-corrected chi connectivity index (χ4v) is 4.66. The van der Waals surface area contributed by atoms with E-state index in [0.29, 0.717) is 23.3 Å². The van der Waals surface area contributed by atoms with E-state index in [4.69, 9.17) is 4.74 Å². The zero-order valence-electron chi connectivity index (χ0n) is 16.3. The van der Waals surface area contributed by atoms with Crippen molar-refractivity contribution in [2.75, 3.05) is 42.6 Å². The Bertz CT molecular complexity index is 893. The summed E-state index contributed by atoms with van der Waals surface area (Å²) in [4.78, 5) is 20.3. The molecular formula is C21H24FN3O3S. The average molecular weight is 418 g/mol. The number of nitrogens with zero attached hydrogens (tertiary/aromatic N) is 3. The van der Waals surface area contributed by atoms with Gasteiger partial charge in [-0.3, -0.25) is 4.90 Å². The molecule has 1 aromatic heterocycles. The Hall–Kier alpha value is -2.32. The first-order chi connectivity index (χ1) is 14.1. The number of aliphatic hydroxyl groups excluding tert-OH is 1. The summed E-state index contributed by atoms with van der Waals surface area (Å²) in [5, 5.41) is 9.21. The van der Waals surface area contributed by atoms with Crippen molar-refractivity contribution in [1.29, 1.82) is 0 Å². The van der Waals surface area contributed by atoms with Crippen LogP contribution >= 0.6 is 11.8 Å². The maximum Gasteiger partial charge on any atom is 0.414 e. The van der Waals surface area contributed by atoms with Gasteiger partial charge in [0.1, 0.15) is 17.7 Å². The van der Waals surface area contributed by atoms with Crippen LogP contribution in [0.4, 0.5) is 15.0 Å². The van der Waals surface area contributed by atoms with Crippen molar-refractivity contribution < 1.29 is 19.0 Å². The van der Waals surface area contributed by atoms with Gasteiger partial charge in [-0.25, -0.2) is 14.2 Å². The van der Waals surface area contributed by atoms with Gasteiger partial charge in [0.15, 0.2) is 0 Å². The highest BCUT2D eigenvalue weighted by atomic mass is 32.2. The number of allylic oxidation sites excluding steroid dienone is 5. The first kappa shape index (κ1) is 20.0. The van der Waals surface area contributed by atoms with Crippen LogP contribution in [0.5, 0.6) is 0 Å². The van der Waals surface area contributed by atoms with Gasteiger partial charge in [-0.2, -0.15) is 11.8 Å². The molecule has 1 aromatic rings. The van der Waals surface area contributed by atoms with Gasteiger partial charge < -0.3 is 14.7 Å². The molecule has 0 aromatic carbocycles. The van der Waals surface area contributed by atoms with Crippen LogP contribution in [0.3, 0.4) is 0 Å². The minimum absolute atomic E-state index is 0.223. The number of anilines is 1. The van der Waals surface area contributed by atoms with E-state index in [9.17, 15) is 9.90 Å². The second kappa shape index (κ2) is 8.59. The number of cyclic esters (lactones) is 1. The zero-order chi connectivity index (χ0) is 20.4. The monoisotopic (exact) mass is 417 g/mol. The Morgan fingerprint density at radius 3 is 2.86 bits per heavy atom. The van der Waals surface area contributed by atoms with E-state index in [-0.39, 0.29) is 13.2 Å². The van der Waals surface area contributed by atoms with E-state index in [2.05, 4.69) is 9.88 Å². The highest BCUT2D eigenvalue weighted by molar-refractivity contribution is 7.99. The lowest BCUT2D eigenvalue weighted by molar-refractivity contribution is 0.0951. The number of amides is 1. The van der Waals surface area contributed by atoms with Crippen LogP contribution in [0.2, 0.25) is 0 Å². The predicted molar refractivity (Wildman–Crippen MR) is 112 cm³/mol. The number of carbonyl (C=O) groups excluding carboxylic acids is 1.